The zero-order chi connectivity index (χ0) is 10.2. The Bertz CT molecular complexity index is 438. The van der Waals surface area contributed by atoms with Crippen molar-refractivity contribution in [3.8, 4) is 0 Å². The standard InChI is InChI=1S/C13H14O3/c14-12-8-4-3-5-7-6(4)9(12)11(7)13(10(5)8)15-1-2-16-13/h4-11H,1-3H2/t4-,5+,6+,7+,8+,9-,10+,11-/m0/s1. The summed E-state index contributed by atoms with van der Waals surface area (Å²) in [5, 5.41) is 0. The van der Waals surface area contributed by atoms with E-state index in [1.807, 2.05) is 0 Å². The molecule has 6 aliphatic rings. The van der Waals surface area contributed by atoms with Gasteiger partial charge in [-0.25, -0.2) is 0 Å². The molecule has 0 unspecified atom stereocenters. The third-order valence-corrected chi connectivity index (χ3v) is 6.83. The predicted octanol–water partition coefficient (Wildman–Crippen LogP) is 0.686. The highest BCUT2D eigenvalue weighted by Crippen LogP contribution is 2.85. The lowest BCUT2D eigenvalue weighted by Crippen LogP contribution is -2.58. The van der Waals surface area contributed by atoms with E-state index in [4.69, 9.17) is 9.47 Å². The minimum Gasteiger partial charge on any atom is -0.347 e. The van der Waals surface area contributed by atoms with Gasteiger partial charge in [0.15, 0.2) is 5.79 Å². The smallest absolute Gasteiger partial charge is 0.176 e. The Morgan fingerprint density at radius 1 is 1.00 bits per heavy atom. The van der Waals surface area contributed by atoms with Crippen LogP contribution in [0.1, 0.15) is 6.42 Å². The molecule has 0 amide bonds. The number of ether oxygens (including phenoxy) is 2. The number of carbonyl (C=O) groups excluding carboxylic acids is 1. The molecule has 5 aliphatic carbocycles. The highest BCUT2D eigenvalue weighted by molar-refractivity contribution is 5.91. The minimum absolute atomic E-state index is 0.291. The van der Waals surface area contributed by atoms with Crippen LogP contribution >= 0.6 is 0 Å². The van der Waals surface area contributed by atoms with Crippen LogP contribution in [0.15, 0.2) is 0 Å². The normalized spacial score (nSPS) is 69.9. The molecule has 0 aromatic carbocycles. The number of hydrogen-bond donors (Lipinski definition) is 0. The van der Waals surface area contributed by atoms with Crippen LogP contribution in [0, 0.1) is 47.3 Å². The van der Waals surface area contributed by atoms with Gasteiger partial charge in [-0.2, -0.15) is 0 Å². The zero-order valence-corrected chi connectivity index (χ0v) is 8.96. The van der Waals surface area contributed by atoms with Crippen LogP contribution in [-0.2, 0) is 14.3 Å². The van der Waals surface area contributed by atoms with E-state index in [-0.39, 0.29) is 5.79 Å². The molecule has 8 atom stereocenters. The van der Waals surface area contributed by atoms with Crippen molar-refractivity contribution in [2.45, 2.75) is 12.2 Å². The van der Waals surface area contributed by atoms with Gasteiger partial charge in [-0.15, -0.1) is 0 Å². The van der Waals surface area contributed by atoms with Crippen molar-refractivity contribution in [3.63, 3.8) is 0 Å². The molecule has 0 aromatic heterocycles. The van der Waals surface area contributed by atoms with Gasteiger partial charge in [0, 0.05) is 23.7 Å². The minimum atomic E-state index is -0.291. The van der Waals surface area contributed by atoms with Crippen LogP contribution in [0.25, 0.3) is 0 Å². The lowest BCUT2D eigenvalue weighted by molar-refractivity contribution is -0.252. The van der Waals surface area contributed by atoms with Gasteiger partial charge in [-0.05, 0) is 30.1 Å². The van der Waals surface area contributed by atoms with E-state index < -0.39 is 0 Å². The van der Waals surface area contributed by atoms with Crippen LogP contribution < -0.4 is 0 Å². The monoisotopic (exact) mass is 218 g/mol. The second-order valence-electron chi connectivity index (χ2n) is 6.64. The van der Waals surface area contributed by atoms with Crippen molar-refractivity contribution in [2.75, 3.05) is 13.2 Å². The molecule has 3 nitrogen and oxygen atoms in total. The van der Waals surface area contributed by atoms with E-state index in [0.29, 0.717) is 29.5 Å². The average molecular weight is 218 g/mol. The van der Waals surface area contributed by atoms with Gasteiger partial charge in [0.25, 0.3) is 0 Å². The molecule has 6 rings (SSSR count). The molecule has 16 heavy (non-hydrogen) atoms. The van der Waals surface area contributed by atoms with E-state index in [9.17, 15) is 4.79 Å². The summed E-state index contributed by atoms with van der Waals surface area (Å²) in [7, 11) is 0. The van der Waals surface area contributed by atoms with E-state index in [1.165, 1.54) is 6.42 Å². The highest BCUT2D eigenvalue weighted by atomic mass is 16.7. The van der Waals surface area contributed by atoms with E-state index in [1.54, 1.807) is 0 Å². The van der Waals surface area contributed by atoms with Gasteiger partial charge >= 0.3 is 0 Å². The van der Waals surface area contributed by atoms with Gasteiger partial charge in [0.05, 0.1) is 13.2 Å². The predicted molar refractivity (Wildman–Crippen MR) is 52.2 cm³/mol. The van der Waals surface area contributed by atoms with Crippen molar-refractivity contribution in [1.29, 1.82) is 0 Å². The fourth-order valence-electron chi connectivity index (χ4n) is 6.94. The maximum absolute atomic E-state index is 12.3. The van der Waals surface area contributed by atoms with Gasteiger partial charge in [-0.3, -0.25) is 4.79 Å². The summed E-state index contributed by atoms with van der Waals surface area (Å²) in [4.78, 5) is 12.3. The SMILES string of the molecule is O=C1[C@@H]2[C@H]3C[C@@H]4[C@@H]5[C@@H]3[C@H]1[C@H]5C1(OCCO1)[C@H]42. The lowest BCUT2D eigenvalue weighted by Gasteiger charge is -2.49. The first kappa shape index (κ1) is 7.83. The number of rotatable bonds is 0. The van der Waals surface area contributed by atoms with Crippen molar-refractivity contribution >= 4 is 5.78 Å². The molecule has 6 fully saturated rings. The van der Waals surface area contributed by atoms with Gasteiger partial charge in [0.1, 0.15) is 5.78 Å². The van der Waals surface area contributed by atoms with Gasteiger partial charge < -0.3 is 9.47 Å². The number of hydrogen-bond acceptors (Lipinski definition) is 3. The first-order valence-corrected chi connectivity index (χ1v) is 6.66. The summed E-state index contributed by atoms with van der Waals surface area (Å²) in [6, 6.07) is 0. The number of ketones is 1. The first-order chi connectivity index (χ1) is 7.84. The molecule has 0 N–H and O–H groups in total. The van der Waals surface area contributed by atoms with Crippen LogP contribution in [0.3, 0.4) is 0 Å². The molecule has 0 radical (unpaired) electrons. The van der Waals surface area contributed by atoms with Gasteiger partial charge in [-0.1, -0.05) is 0 Å². The molecule has 2 bridgehead atoms. The Hall–Kier alpha value is -0.410. The summed E-state index contributed by atoms with van der Waals surface area (Å²) in [5.74, 6) is 4.88. The number of fused-ring (bicyclic) bond motifs is 4. The van der Waals surface area contributed by atoms with E-state index in [0.717, 1.165) is 36.9 Å². The van der Waals surface area contributed by atoms with Crippen molar-refractivity contribution in [1.82, 2.24) is 0 Å². The molecule has 1 saturated heterocycles. The molecule has 84 valence electrons. The molecule has 1 aliphatic heterocycles. The molecular weight excluding hydrogens is 204 g/mol. The largest absolute Gasteiger partial charge is 0.347 e. The summed E-state index contributed by atoms with van der Waals surface area (Å²) >= 11 is 0. The first-order valence-electron chi connectivity index (χ1n) is 6.66. The Morgan fingerprint density at radius 3 is 2.62 bits per heavy atom. The zero-order valence-electron chi connectivity index (χ0n) is 8.96. The quantitative estimate of drug-likeness (QED) is 0.600. The maximum Gasteiger partial charge on any atom is 0.176 e. The Balaban J connectivity index is 1.66. The lowest BCUT2D eigenvalue weighted by atomic mass is 9.58. The summed E-state index contributed by atoms with van der Waals surface area (Å²) in [6.45, 7) is 1.49. The molecule has 0 aromatic rings. The van der Waals surface area contributed by atoms with Crippen molar-refractivity contribution < 1.29 is 14.3 Å². The molecule has 3 heteroatoms. The third kappa shape index (κ3) is 0.458. The average Bonchev–Trinajstić information content (AvgIpc) is 2.87. The van der Waals surface area contributed by atoms with E-state index >= 15 is 0 Å². The fourth-order valence-corrected chi connectivity index (χ4v) is 6.94. The molecule has 1 heterocycles. The van der Waals surface area contributed by atoms with Gasteiger partial charge in [0.2, 0.25) is 0 Å². The number of Topliss-reactive ketones (excluding diaryl/α,β-unsaturated/α-hetero) is 1. The topological polar surface area (TPSA) is 35.5 Å². The second kappa shape index (κ2) is 1.91. The molecule has 5 saturated carbocycles. The molecular formula is C13H14O3. The van der Waals surface area contributed by atoms with Crippen molar-refractivity contribution in [2.24, 2.45) is 47.3 Å². The van der Waals surface area contributed by atoms with Crippen LogP contribution in [0.4, 0.5) is 0 Å². The fraction of sp³-hybridized carbons (Fsp3) is 0.923. The summed E-state index contributed by atoms with van der Waals surface area (Å²) < 4.78 is 12.1. The maximum atomic E-state index is 12.3. The summed E-state index contributed by atoms with van der Waals surface area (Å²) in [5.41, 5.74) is 0. The molecule has 1 spiro atoms. The van der Waals surface area contributed by atoms with Crippen LogP contribution in [0.5, 0.6) is 0 Å². The Morgan fingerprint density at radius 2 is 1.81 bits per heavy atom. The van der Waals surface area contributed by atoms with Crippen LogP contribution in [-0.4, -0.2) is 24.8 Å². The Kier molecular flexibility index (Phi) is 0.933. The Labute approximate surface area is 93.5 Å². The third-order valence-electron chi connectivity index (χ3n) is 6.83. The van der Waals surface area contributed by atoms with E-state index in [2.05, 4.69) is 0 Å². The van der Waals surface area contributed by atoms with Crippen molar-refractivity contribution in [3.05, 3.63) is 0 Å². The number of carbonyl (C=O) groups is 1. The van der Waals surface area contributed by atoms with Crippen LogP contribution in [0.2, 0.25) is 0 Å². The highest BCUT2D eigenvalue weighted by Gasteiger charge is 2.89. The summed E-state index contributed by atoms with van der Waals surface area (Å²) in [6.07, 6.45) is 1.30. The second-order valence-corrected chi connectivity index (χ2v) is 6.64.